The zero-order valence-corrected chi connectivity index (χ0v) is 17.0. The summed E-state index contributed by atoms with van der Waals surface area (Å²) in [4.78, 5) is 26.9. The molecule has 1 fully saturated rings. The molecule has 2 aromatic heterocycles. The van der Waals surface area contributed by atoms with Crippen LogP contribution in [-0.2, 0) is 7.05 Å². The van der Waals surface area contributed by atoms with Gasteiger partial charge >= 0.3 is 0 Å². The van der Waals surface area contributed by atoms with Crippen LogP contribution in [0.5, 0.6) is 0 Å². The monoisotopic (exact) mass is 386 g/mol. The highest BCUT2D eigenvalue weighted by atomic mass is 16.1. The second kappa shape index (κ2) is 7.70. The van der Waals surface area contributed by atoms with E-state index in [4.69, 9.17) is 0 Å². The third-order valence-corrected chi connectivity index (χ3v) is 5.97. The van der Waals surface area contributed by atoms with Gasteiger partial charge in [-0.05, 0) is 50.0 Å². The Bertz CT molecular complexity index is 1280. The van der Waals surface area contributed by atoms with Crippen molar-refractivity contribution < 1.29 is 0 Å². The van der Waals surface area contributed by atoms with Gasteiger partial charge in [-0.1, -0.05) is 49.8 Å². The summed E-state index contributed by atoms with van der Waals surface area (Å²) in [7, 11) is 1.92. The fraction of sp³-hybridized carbons (Fsp3) is 0.280. The molecule has 29 heavy (non-hydrogen) atoms. The maximum atomic E-state index is 13.6. The van der Waals surface area contributed by atoms with E-state index in [1.807, 2.05) is 67.1 Å². The molecule has 148 valence electrons. The number of nitrogens with zero attached hydrogens (tertiary/aromatic N) is 2. The van der Waals surface area contributed by atoms with Gasteiger partial charge in [-0.3, -0.25) is 14.2 Å². The molecule has 0 radical (unpaired) electrons. The van der Waals surface area contributed by atoms with Crippen LogP contribution < -0.4 is 11.0 Å². The topological polar surface area (TPSA) is 44.0 Å². The Labute approximate surface area is 170 Å². The number of aromatic nitrogens is 2. The van der Waals surface area contributed by atoms with Crippen molar-refractivity contribution in [1.29, 1.82) is 0 Å². The lowest BCUT2D eigenvalue weighted by molar-refractivity contribution is 0.672. The lowest BCUT2D eigenvalue weighted by atomic mass is 10.00. The standard InChI is InChI=1S/C25H26N2O2/c1-4-5-6-11-17(2)27-21(18-12-7-8-13-18)16-22-23(25(27)29)24(28)19-14-9-10-15-20(19)26(22)3/h4-6,9-11,14-16,18H,2,7-8,12-13H2,1,3H3/b5-4-,11-6-. The van der Waals surface area contributed by atoms with Gasteiger partial charge in [-0.15, -0.1) is 0 Å². The summed E-state index contributed by atoms with van der Waals surface area (Å²) in [5, 5.41) is 0.795. The first-order valence-corrected chi connectivity index (χ1v) is 10.2. The van der Waals surface area contributed by atoms with E-state index in [1.165, 1.54) is 0 Å². The summed E-state index contributed by atoms with van der Waals surface area (Å²) in [6, 6.07) is 9.50. The van der Waals surface area contributed by atoms with Gasteiger partial charge in [0.2, 0.25) is 5.43 Å². The number of para-hydroxylation sites is 1. The third-order valence-electron chi connectivity index (χ3n) is 5.97. The van der Waals surface area contributed by atoms with Crippen LogP contribution in [0.2, 0.25) is 0 Å². The molecule has 1 aliphatic carbocycles. The molecule has 0 N–H and O–H groups in total. The van der Waals surface area contributed by atoms with Crippen molar-refractivity contribution in [2.24, 2.45) is 7.05 Å². The third kappa shape index (κ3) is 3.19. The van der Waals surface area contributed by atoms with Crippen LogP contribution in [-0.4, -0.2) is 9.13 Å². The number of benzene rings is 1. The summed E-state index contributed by atoms with van der Waals surface area (Å²) >= 11 is 0. The molecule has 0 atom stereocenters. The summed E-state index contributed by atoms with van der Waals surface area (Å²) in [6.45, 7) is 6.08. The van der Waals surface area contributed by atoms with Crippen molar-refractivity contribution in [1.82, 2.24) is 9.13 Å². The number of fused-ring (bicyclic) bond motifs is 2. The van der Waals surface area contributed by atoms with Crippen LogP contribution in [0.4, 0.5) is 0 Å². The highest BCUT2D eigenvalue weighted by molar-refractivity contribution is 5.93. The molecule has 1 aliphatic rings. The minimum atomic E-state index is -0.272. The highest BCUT2D eigenvalue weighted by Gasteiger charge is 2.24. The second-order valence-electron chi connectivity index (χ2n) is 7.73. The number of pyridine rings is 2. The first-order valence-electron chi connectivity index (χ1n) is 10.2. The van der Waals surface area contributed by atoms with Gasteiger partial charge in [0, 0.05) is 23.8 Å². The minimum Gasteiger partial charge on any atom is -0.343 e. The number of hydrogen-bond acceptors (Lipinski definition) is 2. The minimum absolute atomic E-state index is 0.212. The van der Waals surface area contributed by atoms with Gasteiger partial charge in [0.05, 0.1) is 11.0 Å². The average molecular weight is 386 g/mol. The van der Waals surface area contributed by atoms with Crippen molar-refractivity contribution >= 4 is 27.5 Å². The van der Waals surface area contributed by atoms with Crippen LogP contribution in [0, 0.1) is 0 Å². The number of allylic oxidation sites excluding steroid dienone is 5. The fourth-order valence-corrected chi connectivity index (χ4v) is 4.49. The maximum absolute atomic E-state index is 13.6. The molecule has 0 amide bonds. The van der Waals surface area contributed by atoms with Crippen LogP contribution in [0.25, 0.3) is 27.5 Å². The lowest BCUT2D eigenvalue weighted by Gasteiger charge is -2.20. The Morgan fingerprint density at radius 3 is 2.55 bits per heavy atom. The van der Waals surface area contributed by atoms with Crippen molar-refractivity contribution in [3.63, 3.8) is 0 Å². The van der Waals surface area contributed by atoms with Crippen LogP contribution in [0.15, 0.2) is 70.8 Å². The van der Waals surface area contributed by atoms with Crippen molar-refractivity contribution in [2.75, 3.05) is 0 Å². The van der Waals surface area contributed by atoms with Crippen LogP contribution in [0.3, 0.4) is 0 Å². The Balaban J connectivity index is 2.11. The van der Waals surface area contributed by atoms with Gasteiger partial charge in [-0.2, -0.15) is 0 Å². The predicted molar refractivity (Wildman–Crippen MR) is 121 cm³/mol. The quantitative estimate of drug-likeness (QED) is 0.462. The van der Waals surface area contributed by atoms with Crippen molar-refractivity contribution in [2.45, 2.75) is 38.5 Å². The van der Waals surface area contributed by atoms with E-state index in [2.05, 4.69) is 6.58 Å². The molecule has 4 nitrogen and oxygen atoms in total. The Kier molecular flexibility index (Phi) is 5.10. The lowest BCUT2D eigenvalue weighted by Crippen LogP contribution is -2.28. The Morgan fingerprint density at radius 1 is 1.10 bits per heavy atom. The smallest absolute Gasteiger partial charge is 0.268 e. The molecule has 0 spiro atoms. The molecule has 1 saturated carbocycles. The van der Waals surface area contributed by atoms with Crippen LogP contribution in [0.1, 0.15) is 44.2 Å². The summed E-state index contributed by atoms with van der Waals surface area (Å²) in [5.74, 6) is 0.306. The summed E-state index contributed by atoms with van der Waals surface area (Å²) in [5.41, 5.74) is 2.60. The molecule has 0 bridgehead atoms. The second-order valence-corrected chi connectivity index (χ2v) is 7.73. The molecule has 1 aromatic carbocycles. The molecular weight excluding hydrogens is 360 g/mol. The fourth-order valence-electron chi connectivity index (χ4n) is 4.49. The van der Waals surface area contributed by atoms with Gasteiger partial charge < -0.3 is 4.57 Å². The largest absolute Gasteiger partial charge is 0.343 e. The molecule has 3 aromatic rings. The molecular formula is C25H26N2O2. The van der Waals surface area contributed by atoms with Gasteiger partial charge in [-0.25, -0.2) is 0 Å². The molecule has 0 saturated heterocycles. The van der Waals surface area contributed by atoms with E-state index < -0.39 is 0 Å². The average Bonchev–Trinajstić information content (AvgIpc) is 3.26. The zero-order chi connectivity index (χ0) is 20.5. The van der Waals surface area contributed by atoms with Gasteiger partial charge in [0.1, 0.15) is 5.39 Å². The molecule has 2 heterocycles. The van der Waals surface area contributed by atoms with Crippen LogP contribution >= 0.6 is 0 Å². The maximum Gasteiger partial charge on any atom is 0.268 e. The van der Waals surface area contributed by atoms with E-state index in [9.17, 15) is 9.59 Å². The molecule has 0 unspecified atom stereocenters. The molecule has 4 heteroatoms. The normalized spacial score (nSPS) is 15.4. The Hall–Kier alpha value is -3.14. The summed E-state index contributed by atoms with van der Waals surface area (Å²) < 4.78 is 3.63. The molecule has 0 aliphatic heterocycles. The van der Waals surface area contributed by atoms with E-state index in [1.54, 1.807) is 10.6 Å². The first-order chi connectivity index (χ1) is 14.0. The van der Waals surface area contributed by atoms with Crippen molar-refractivity contribution in [3.05, 3.63) is 87.5 Å². The predicted octanol–water partition coefficient (Wildman–Crippen LogP) is 5.11. The molecule has 4 rings (SSSR count). The van der Waals surface area contributed by atoms with Crippen molar-refractivity contribution in [3.8, 4) is 0 Å². The summed E-state index contributed by atoms with van der Waals surface area (Å²) in [6.07, 6.45) is 12.0. The number of aryl methyl sites for hydroxylation is 1. The van der Waals surface area contributed by atoms with E-state index in [0.717, 1.165) is 36.9 Å². The Morgan fingerprint density at radius 2 is 1.83 bits per heavy atom. The van der Waals surface area contributed by atoms with Gasteiger partial charge in [0.25, 0.3) is 5.56 Å². The van der Waals surface area contributed by atoms with E-state index in [0.29, 0.717) is 22.5 Å². The van der Waals surface area contributed by atoms with E-state index >= 15 is 0 Å². The number of hydrogen-bond donors (Lipinski definition) is 0. The zero-order valence-electron chi connectivity index (χ0n) is 17.0. The van der Waals surface area contributed by atoms with E-state index in [-0.39, 0.29) is 16.4 Å². The van der Waals surface area contributed by atoms with Gasteiger partial charge in [0.15, 0.2) is 0 Å². The highest BCUT2D eigenvalue weighted by Crippen LogP contribution is 2.35. The number of rotatable bonds is 4. The SMILES string of the molecule is C=C(/C=C\C=C/C)n1c(C2CCCC2)cc2c(c(=O)c3ccccc3n2C)c1=O. The first kappa shape index (κ1) is 19.2.